The van der Waals surface area contributed by atoms with E-state index in [0.29, 0.717) is 0 Å². The third kappa shape index (κ3) is 5.96. The molecule has 2 aromatic carbocycles. The molecule has 2 aromatic rings. The van der Waals surface area contributed by atoms with Crippen LogP contribution in [0.3, 0.4) is 0 Å². The molecule has 0 unspecified atom stereocenters. The van der Waals surface area contributed by atoms with Crippen LogP contribution in [0.1, 0.15) is 12.5 Å². The molecule has 38 heavy (non-hydrogen) atoms. The number of carbonyl (C=O) groups is 2. The first-order valence-electron chi connectivity index (χ1n) is 12.0. The minimum Gasteiger partial charge on any atom is -0.479 e. The lowest BCUT2D eigenvalue weighted by molar-refractivity contribution is -0.341. The first kappa shape index (κ1) is 28.3. The van der Waals surface area contributed by atoms with Crippen LogP contribution in [0.4, 0.5) is 0 Å². The van der Waals surface area contributed by atoms with Crippen molar-refractivity contribution in [3.8, 4) is 0 Å². The fourth-order valence-corrected chi connectivity index (χ4v) is 4.59. The number of carboxylic acids is 1. The van der Waals surface area contributed by atoms with E-state index in [1.807, 2.05) is 42.5 Å². The van der Waals surface area contributed by atoms with Gasteiger partial charge in [-0.25, -0.2) is 4.79 Å². The molecule has 0 radical (unpaired) electrons. The average Bonchev–Trinajstić information content (AvgIpc) is 2.89. The van der Waals surface area contributed by atoms with Gasteiger partial charge in [0.2, 0.25) is 5.91 Å². The van der Waals surface area contributed by atoms with Gasteiger partial charge in [0.15, 0.2) is 18.7 Å². The summed E-state index contributed by atoms with van der Waals surface area (Å²) in [5.74, 6) is -2.17. The number of amides is 1. The predicted octanol–water partition coefficient (Wildman–Crippen LogP) is -1.78. The molecule has 2 aliphatic heterocycles. The Kier molecular flexibility index (Phi) is 8.92. The van der Waals surface area contributed by atoms with Gasteiger partial charge in [0.05, 0.1) is 13.2 Å². The quantitative estimate of drug-likeness (QED) is 0.200. The third-order valence-electron chi connectivity index (χ3n) is 6.56. The Hall–Kier alpha value is -2.72. The van der Waals surface area contributed by atoms with Crippen LogP contribution < -0.4 is 5.32 Å². The zero-order valence-electron chi connectivity index (χ0n) is 20.4. The number of nitrogens with one attached hydrogen (secondary N) is 1. The van der Waals surface area contributed by atoms with Crippen LogP contribution in [-0.2, 0) is 35.1 Å². The van der Waals surface area contributed by atoms with E-state index >= 15 is 0 Å². The summed E-state index contributed by atoms with van der Waals surface area (Å²) in [6.45, 7) is 0.548. The topological polar surface area (TPSA) is 204 Å². The van der Waals surface area contributed by atoms with Crippen LogP contribution >= 0.6 is 0 Å². The Bertz CT molecular complexity index is 1130. The van der Waals surface area contributed by atoms with Crippen LogP contribution in [0.15, 0.2) is 42.5 Å². The summed E-state index contributed by atoms with van der Waals surface area (Å²) in [5, 5.41) is 65.0. The van der Waals surface area contributed by atoms with Gasteiger partial charge in [0, 0.05) is 6.92 Å². The van der Waals surface area contributed by atoms with E-state index in [1.165, 1.54) is 6.92 Å². The van der Waals surface area contributed by atoms with E-state index in [9.17, 15) is 40.2 Å². The molecule has 13 nitrogen and oxygen atoms in total. The summed E-state index contributed by atoms with van der Waals surface area (Å²) in [5.41, 5.74) is 0.769. The summed E-state index contributed by atoms with van der Waals surface area (Å²) in [4.78, 5) is 23.5. The molecule has 2 heterocycles. The van der Waals surface area contributed by atoms with Gasteiger partial charge in [-0.2, -0.15) is 0 Å². The van der Waals surface area contributed by atoms with Crippen molar-refractivity contribution in [2.75, 3.05) is 6.61 Å². The highest BCUT2D eigenvalue weighted by Crippen LogP contribution is 2.30. The van der Waals surface area contributed by atoms with E-state index in [1.54, 1.807) is 0 Å². The highest BCUT2D eigenvalue weighted by molar-refractivity contribution is 5.83. The maximum atomic E-state index is 12.0. The SMILES string of the molecule is CC(=O)N[C@H]1[C@H](OCc2ccc3ccccc3c2)O[C@H](CO)[C@@H](O)[C@@H]1O[C@@H]1O[C@H](C(=O)O)[C@@H](O)[C@H](O)[C@H]1O. The monoisotopic (exact) mass is 537 g/mol. The number of fused-ring (bicyclic) bond motifs is 1. The minimum atomic E-state index is -1.95. The Morgan fingerprint density at radius 3 is 2.29 bits per heavy atom. The number of aliphatic carboxylic acids is 1. The van der Waals surface area contributed by atoms with Gasteiger partial charge in [-0.3, -0.25) is 4.79 Å². The molecule has 2 fully saturated rings. The average molecular weight is 538 g/mol. The van der Waals surface area contributed by atoms with Crippen molar-refractivity contribution < 1.29 is 59.2 Å². The van der Waals surface area contributed by atoms with Crippen LogP contribution in [0.5, 0.6) is 0 Å². The number of ether oxygens (including phenoxy) is 4. The fourth-order valence-electron chi connectivity index (χ4n) is 4.59. The lowest BCUT2D eigenvalue weighted by Crippen LogP contribution is -2.68. The second-order valence-electron chi connectivity index (χ2n) is 9.27. The van der Waals surface area contributed by atoms with Crippen molar-refractivity contribution >= 4 is 22.6 Å². The van der Waals surface area contributed by atoms with E-state index in [4.69, 9.17) is 18.9 Å². The lowest BCUT2D eigenvalue weighted by atomic mass is 9.95. The van der Waals surface area contributed by atoms with Gasteiger partial charge in [0.1, 0.15) is 42.7 Å². The fraction of sp³-hybridized carbons (Fsp3) is 0.520. The summed E-state index contributed by atoms with van der Waals surface area (Å²) in [6, 6.07) is 12.1. The van der Waals surface area contributed by atoms with Crippen LogP contribution in [0.2, 0.25) is 0 Å². The van der Waals surface area contributed by atoms with E-state index in [0.717, 1.165) is 16.3 Å². The van der Waals surface area contributed by atoms with Crippen LogP contribution in [0, 0.1) is 0 Å². The molecule has 4 rings (SSSR count). The molecule has 0 bridgehead atoms. The molecule has 10 atom stereocenters. The lowest BCUT2D eigenvalue weighted by Gasteiger charge is -2.47. The van der Waals surface area contributed by atoms with Gasteiger partial charge in [-0.05, 0) is 22.4 Å². The Morgan fingerprint density at radius 2 is 1.63 bits per heavy atom. The van der Waals surface area contributed by atoms with E-state index < -0.39 is 79.8 Å². The molecule has 0 aliphatic carbocycles. The van der Waals surface area contributed by atoms with Crippen molar-refractivity contribution in [2.45, 2.75) is 74.9 Å². The smallest absolute Gasteiger partial charge is 0.335 e. The molecule has 7 N–H and O–H groups in total. The van der Waals surface area contributed by atoms with Gasteiger partial charge in [-0.15, -0.1) is 0 Å². The highest BCUT2D eigenvalue weighted by Gasteiger charge is 2.52. The maximum absolute atomic E-state index is 12.0. The van der Waals surface area contributed by atoms with E-state index in [2.05, 4.69) is 5.32 Å². The summed E-state index contributed by atoms with van der Waals surface area (Å²) >= 11 is 0. The number of hydrogen-bond donors (Lipinski definition) is 7. The molecular weight excluding hydrogens is 506 g/mol. The summed E-state index contributed by atoms with van der Waals surface area (Å²) in [7, 11) is 0. The van der Waals surface area contributed by atoms with Crippen molar-refractivity contribution in [3.05, 3.63) is 48.0 Å². The normalized spacial score (nSPS) is 35.6. The third-order valence-corrected chi connectivity index (χ3v) is 6.56. The molecule has 1 amide bonds. The largest absolute Gasteiger partial charge is 0.479 e. The molecule has 0 aromatic heterocycles. The van der Waals surface area contributed by atoms with Crippen molar-refractivity contribution in [1.29, 1.82) is 0 Å². The summed E-state index contributed by atoms with van der Waals surface area (Å²) in [6.07, 6.45) is -15.1. The molecule has 208 valence electrons. The zero-order valence-corrected chi connectivity index (χ0v) is 20.4. The molecular formula is C25H31NO12. The number of aliphatic hydroxyl groups is 5. The minimum absolute atomic E-state index is 0.0150. The zero-order chi connectivity index (χ0) is 27.6. The van der Waals surface area contributed by atoms with Gasteiger partial charge in [-0.1, -0.05) is 36.4 Å². The van der Waals surface area contributed by atoms with Gasteiger partial charge < -0.3 is 54.9 Å². The number of carboxylic acid groups (broad SMARTS) is 1. The second kappa shape index (κ2) is 12.0. The maximum Gasteiger partial charge on any atom is 0.335 e. The van der Waals surface area contributed by atoms with Crippen molar-refractivity contribution in [2.24, 2.45) is 0 Å². The predicted molar refractivity (Wildman–Crippen MR) is 127 cm³/mol. The Morgan fingerprint density at radius 1 is 0.921 bits per heavy atom. The first-order valence-corrected chi connectivity index (χ1v) is 12.0. The standard InChI is InChI=1S/C25H31NO12/c1-11(28)26-16-21(37-25-20(32)18(30)19(31)22(38-25)23(33)34)17(29)15(9-27)36-24(16)35-10-12-6-7-13-4-2-3-5-14(13)8-12/h2-8,15-22,24-25,27,29-32H,9-10H2,1H3,(H,26,28)(H,33,34)/t15-,16-,17-,18+,19+,20-,21-,22+,24-,25-/m1/s1. The van der Waals surface area contributed by atoms with Crippen molar-refractivity contribution in [1.82, 2.24) is 5.32 Å². The first-order chi connectivity index (χ1) is 18.1. The number of benzene rings is 2. The molecule has 0 spiro atoms. The number of aliphatic hydroxyl groups excluding tert-OH is 5. The molecule has 2 aliphatic rings. The van der Waals surface area contributed by atoms with Crippen LogP contribution in [0.25, 0.3) is 10.8 Å². The van der Waals surface area contributed by atoms with E-state index in [-0.39, 0.29) is 6.61 Å². The summed E-state index contributed by atoms with van der Waals surface area (Å²) < 4.78 is 22.5. The molecule has 13 heteroatoms. The number of hydrogen-bond acceptors (Lipinski definition) is 11. The van der Waals surface area contributed by atoms with Gasteiger partial charge in [0.25, 0.3) is 0 Å². The number of rotatable bonds is 8. The molecule has 0 saturated carbocycles. The van der Waals surface area contributed by atoms with Crippen LogP contribution in [-0.4, -0.2) is 110 Å². The Balaban J connectivity index is 1.57. The highest BCUT2D eigenvalue weighted by atomic mass is 16.7. The number of carbonyl (C=O) groups excluding carboxylic acids is 1. The van der Waals surface area contributed by atoms with Crippen molar-refractivity contribution in [3.63, 3.8) is 0 Å². The Labute approximate surface area is 217 Å². The molecule has 2 saturated heterocycles. The second-order valence-corrected chi connectivity index (χ2v) is 9.27. The van der Waals surface area contributed by atoms with Gasteiger partial charge >= 0.3 is 5.97 Å².